The Morgan fingerprint density at radius 1 is 1.12 bits per heavy atom. The maximum Gasteiger partial charge on any atom is 0.530 e. The zero-order chi connectivity index (χ0) is 18.5. The van der Waals surface area contributed by atoms with Crippen LogP contribution in [0.5, 0.6) is 0 Å². The summed E-state index contributed by atoms with van der Waals surface area (Å²) in [5.41, 5.74) is 2.03. The minimum absolute atomic E-state index is 0.519. The van der Waals surface area contributed by atoms with E-state index in [1.54, 1.807) is 11.8 Å². The van der Waals surface area contributed by atoms with E-state index in [1.165, 1.54) is 0 Å². The largest absolute Gasteiger partial charge is 0.530 e. The van der Waals surface area contributed by atoms with Crippen LogP contribution in [0.1, 0.15) is 40.0 Å². The maximum atomic E-state index is 8.83. The second-order valence-corrected chi connectivity index (χ2v) is 9.08. The van der Waals surface area contributed by atoms with Gasteiger partial charge in [-0.3, -0.25) is 0 Å². The number of nitrogens with zero attached hydrogens (tertiary/aromatic N) is 1. The molecule has 1 aromatic carbocycles. The molecule has 0 fully saturated rings. The lowest BCUT2D eigenvalue weighted by Gasteiger charge is -2.26. The van der Waals surface area contributed by atoms with E-state index in [2.05, 4.69) is 6.07 Å². The van der Waals surface area contributed by atoms with Crippen molar-refractivity contribution in [1.29, 1.82) is 5.26 Å². The van der Waals surface area contributed by atoms with Gasteiger partial charge in [-0.2, -0.15) is 5.26 Å². The smallest absolute Gasteiger partial charge is 0.371 e. The van der Waals surface area contributed by atoms with Crippen LogP contribution in [0, 0.1) is 11.3 Å². The highest BCUT2D eigenvalue weighted by molar-refractivity contribution is 8.03. The molecule has 1 aromatic rings. The van der Waals surface area contributed by atoms with Crippen LogP contribution >= 0.6 is 23.4 Å². The average Bonchev–Trinajstić information content (AvgIpc) is 2.58. The molecule has 0 saturated carbocycles. The summed E-state index contributed by atoms with van der Waals surface area (Å²) in [6.45, 7) is 7.40. The highest BCUT2D eigenvalue weighted by Gasteiger charge is 2.38. The summed E-state index contributed by atoms with van der Waals surface area (Å²) in [4.78, 5) is 2.18. The summed E-state index contributed by atoms with van der Waals surface area (Å²) < 4.78 is 17.8. The van der Waals surface area contributed by atoms with Gasteiger partial charge < -0.3 is 13.3 Å². The minimum Gasteiger partial charge on any atom is -0.371 e. The first kappa shape index (κ1) is 22.2. The lowest BCUT2D eigenvalue weighted by molar-refractivity contribution is 0.0841. The van der Waals surface area contributed by atoms with Crippen molar-refractivity contribution < 1.29 is 13.3 Å². The van der Waals surface area contributed by atoms with Crippen LogP contribution in [-0.4, -0.2) is 28.6 Å². The van der Waals surface area contributed by atoms with E-state index in [0.717, 1.165) is 22.6 Å². The second-order valence-electron chi connectivity index (χ2n) is 5.08. The van der Waals surface area contributed by atoms with Gasteiger partial charge in [0.15, 0.2) is 0 Å². The number of unbranched alkanes of at least 4 members (excludes halogenated alkanes) is 1. The first-order valence-electron chi connectivity index (χ1n) is 8.53. The van der Waals surface area contributed by atoms with Crippen molar-refractivity contribution in [2.24, 2.45) is 0 Å². The van der Waals surface area contributed by atoms with E-state index in [1.807, 2.05) is 50.7 Å². The van der Waals surface area contributed by atoms with Crippen molar-refractivity contribution in [2.45, 2.75) is 44.9 Å². The highest BCUT2D eigenvalue weighted by Crippen LogP contribution is 2.33. The molecule has 25 heavy (non-hydrogen) atoms. The third-order valence-corrected chi connectivity index (χ3v) is 7.48. The van der Waals surface area contributed by atoms with Crippen LogP contribution < -0.4 is 0 Å². The standard InChI is InChI=1S/C18H26ClNO3SSi/c1-4-21-25(22-5-2,23-6-3)15-18(9-7-8-14-20)24-17-12-10-16(19)11-13-17/h10-13,15H,4-9H2,1-3H3/b18-15+. The molecule has 4 nitrogen and oxygen atoms in total. The number of rotatable bonds is 12. The first-order valence-corrected chi connectivity index (χ1v) is 11.5. The fourth-order valence-electron chi connectivity index (χ4n) is 2.20. The molecule has 7 heteroatoms. The second kappa shape index (κ2) is 12.5. The zero-order valence-electron chi connectivity index (χ0n) is 15.1. The molecular formula is C18H26ClNO3SSi. The molecular weight excluding hydrogens is 374 g/mol. The van der Waals surface area contributed by atoms with E-state index in [9.17, 15) is 0 Å². The third kappa shape index (κ3) is 8.41. The molecule has 138 valence electrons. The molecule has 0 saturated heterocycles. The summed E-state index contributed by atoms with van der Waals surface area (Å²) >= 11 is 7.61. The van der Waals surface area contributed by atoms with Gasteiger partial charge in [0.1, 0.15) is 0 Å². The van der Waals surface area contributed by atoms with Crippen molar-refractivity contribution in [2.75, 3.05) is 19.8 Å². The predicted molar refractivity (Wildman–Crippen MR) is 105 cm³/mol. The van der Waals surface area contributed by atoms with E-state index in [4.69, 9.17) is 30.1 Å². The molecule has 0 amide bonds. The summed E-state index contributed by atoms with van der Waals surface area (Å²) in [6.07, 6.45) is 2.09. The molecule has 0 atom stereocenters. The fourth-order valence-corrected chi connectivity index (χ4v) is 6.06. The Hall–Kier alpha value is -0.813. The quantitative estimate of drug-likeness (QED) is 0.260. The van der Waals surface area contributed by atoms with Gasteiger partial charge in [0, 0.05) is 36.2 Å². The SMILES string of the molecule is CCO[Si](/C=C(\CCCC#N)Sc1ccc(Cl)cc1)(OCC)OCC. The van der Waals surface area contributed by atoms with Crippen LogP contribution in [0.3, 0.4) is 0 Å². The number of hydrogen-bond donors (Lipinski definition) is 0. The number of thioether (sulfide) groups is 1. The number of hydrogen-bond acceptors (Lipinski definition) is 5. The Bertz CT molecular complexity index is 558. The van der Waals surface area contributed by atoms with Crippen LogP contribution in [0.15, 0.2) is 39.8 Å². The molecule has 1 rings (SSSR count). The van der Waals surface area contributed by atoms with Crippen LogP contribution in [0.25, 0.3) is 0 Å². The van der Waals surface area contributed by atoms with E-state index < -0.39 is 8.80 Å². The Kier molecular flexibility index (Phi) is 11.1. The van der Waals surface area contributed by atoms with Crippen molar-refractivity contribution in [3.05, 3.63) is 39.9 Å². The molecule has 0 aliphatic carbocycles. The average molecular weight is 400 g/mol. The minimum atomic E-state index is -2.88. The molecule has 0 heterocycles. The summed E-state index contributed by atoms with van der Waals surface area (Å²) in [5, 5.41) is 9.54. The number of allylic oxidation sites excluding steroid dienone is 1. The normalized spacial score (nSPS) is 12.2. The lowest BCUT2D eigenvalue weighted by Crippen LogP contribution is -2.44. The number of halogens is 1. The summed E-state index contributed by atoms with van der Waals surface area (Å²) in [7, 11) is -2.88. The Morgan fingerprint density at radius 3 is 2.16 bits per heavy atom. The molecule has 0 aromatic heterocycles. The van der Waals surface area contributed by atoms with Crippen molar-refractivity contribution >= 4 is 32.2 Å². The van der Waals surface area contributed by atoms with Gasteiger partial charge in [-0.25, -0.2) is 0 Å². The Morgan fingerprint density at radius 2 is 1.68 bits per heavy atom. The molecule has 0 aliphatic rings. The van der Waals surface area contributed by atoms with Crippen LogP contribution in [-0.2, 0) is 13.3 Å². The van der Waals surface area contributed by atoms with Gasteiger partial charge in [-0.15, -0.1) is 0 Å². The molecule has 0 unspecified atom stereocenters. The van der Waals surface area contributed by atoms with E-state index in [0.29, 0.717) is 31.3 Å². The predicted octanol–water partition coefficient (Wildman–Crippen LogP) is 5.60. The third-order valence-electron chi connectivity index (χ3n) is 3.15. The van der Waals surface area contributed by atoms with Gasteiger partial charge in [0.25, 0.3) is 0 Å². The molecule has 0 radical (unpaired) electrons. The molecule has 0 aliphatic heterocycles. The topological polar surface area (TPSA) is 51.5 Å². The van der Waals surface area contributed by atoms with E-state index in [-0.39, 0.29) is 0 Å². The van der Waals surface area contributed by atoms with Gasteiger partial charge in [0.2, 0.25) is 0 Å². The van der Waals surface area contributed by atoms with Crippen molar-refractivity contribution in [1.82, 2.24) is 0 Å². The zero-order valence-corrected chi connectivity index (χ0v) is 17.7. The van der Waals surface area contributed by atoms with Crippen LogP contribution in [0.2, 0.25) is 5.02 Å². The molecule has 0 bridgehead atoms. The fraction of sp³-hybridized carbons (Fsp3) is 0.500. The highest BCUT2D eigenvalue weighted by atomic mass is 35.5. The van der Waals surface area contributed by atoms with Crippen molar-refractivity contribution in [3.63, 3.8) is 0 Å². The molecule has 0 spiro atoms. The van der Waals surface area contributed by atoms with Crippen LogP contribution in [0.4, 0.5) is 0 Å². The van der Waals surface area contributed by atoms with Gasteiger partial charge >= 0.3 is 8.80 Å². The number of nitriles is 1. The van der Waals surface area contributed by atoms with Gasteiger partial charge in [-0.1, -0.05) is 23.4 Å². The molecule has 0 N–H and O–H groups in total. The van der Waals surface area contributed by atoms with Gasteiger partial charge in [-0.05, 0) is 68.5 Å². The van der Waals surface area contributed by atoms with E-state index >= 15 is 0 Å². The monoisotopic (exact) mass is 399 g/mol. The summed E-state index contributed by atoms with van der Waals surface area (Å²) in [6, 6.07) is 9.90. The lowest BCUT2D eigenvalue weighted by atomic mass is 10.2. The summed E-state index contributed by atoms with van der Waals surface area (Å²) in [5.74, 6) is 0. The van der Waals surface area contributed by atoms with Crippen molar-refractivity contribution in [3.8, 4) is 6.07 Å². The first-order chi connectivity index (χ1) is 12.1. The Balaban J connectivity index is 3.08. The number of benzene rings is 1. The Labute approximate surface area is 161 Å². The maximum absolute atomic E-state index is 8.83. The van der Waals surface area contributed by atoms with Gasteiger partial charge in [0.05, 0.1) is 6.07 Å².